The summed E-state index contributed by atoms with van der Waals surface area (Å²) < 4.78 is 12.8. The van der Waals surface area contributed by atoms with E-state index in [1.807, 2.05) is 30.3 Å². The van der Waals surface area contributed by atoms with Crippen LogP contribution in [-0.4, -0.2) is 24.8 Å². The predicted octanol–water partition coefficient (Wildman–Crippen LogP) is 2.56. The standard InChI is InChI=1S/C16H17N4O3P/c21-24(22,23)12-13-6-4-5-9-16(13)20-11-15(18-19-20)10-17-14-7-2-1-3-8-14/h1-9,11,17H,10,12H2,(H2,21,22,23). The molecule has 3 aromatic rings. The van der Waals surface area contributed by atoms with Crippen molar-refractivity contribution in [3.8, 4) is 5.69 Å². The quantitative estimate of drug-likeness (QED) is 0.594. The van der Waals surface area contributed by atoms with Crippen LogP contribution in [0.1, 0.15) is 11.3 Å². The first kappa shape index (κ1) is 16.4. The molecule has 0 fully saturated rings. The van der Waals surface area contributed by atoms with Crippen molar-refractivity contribution in [3.63, 3.8) is 0 Å². The first-order chi connectivity index (χ1) is 11.5. The first-order valence-corrected chi connectivity index (χ1v) is 9.14. The van der Waals surface area contributed by atoms with Crippen molar-refractivity contribution in [2.75, 3.05) is 5.32 Å². The van der Waals surface area contributed by atoms with Crippen molar-refractivity contribution >= 4 is 13.3 Å². The summed E-state index contributed by atoms with van der Waals surface area (Å²) in [5.74, 6) is 0. The van der Waals surface area contributed by atoms with Gasteiger partial charge in [0.05, 0.1) is 24.6 Å². The van der Waals surface area contributed by atoms with E-state index in [0.717, 1.165) is 11.4 Å². The van der Waals surface area contributed by atoms with E-state index in [1.165, 1.54) is 4.68 Å². The molecule has 0 saturated carbocycles. The average Bonchev–Trinajstić information content (AvgIpc) is 3.02. The van der Waals surface area contributed by atoms with Crippen LogP contribution in [0.4, 0.5) is 5.69 Å². The number of aromatic nitrogens is 3. The molecule has 0 amide bonds. The molecule has 3 rings (SSSR count). The molecule has 0 aliphatic rings. The third-order valence-electron chi connectivity index (χ3n) is 3.40. The molecule has 0 radical (unpaired) electrons. The molecule has 124 valence electrons. The lowest BCUT2D eigenvalue weighted by atomic mass is 10.2. The second kappa shape index (κ2) is 6.97. The zero-order valence-electron chi connectivity index (χ0n) is 12.8. The van der Waals surface area contributed by atoms with Crippen LogP contribution >= 0.6 is 7.60 Å². The molecule has 2 aromatic carbocycles. The zero-order valence-corrected chi connectivity index (χ0v) is 13.7. The van der Waals surface area contributed by atoms with Crippen LogP contribution in [0.2, 0.25) is 0 Å². The summed E-state index contributed by atoms with van der Waals surface area (Å²) in [5.41, 5.74) is 2.84. The van der Waals surface area contributed by atoms with E-state index in [1.54, 1.807) is 30.5 Å². The second-order valence-electron chi connectivity index (χ2n) is 5.33. The summed E-state index contributed by atoms with van der Waals surface area (Å²) in [5, 5.41) is 11.4. The van der Waals surface area contributed by atoms with Gasteiger partial charge in [0, 0.05) is 5.69 Å². The number of nitrogens with one attached hydrogen (secondary N) is 1. The fourth-order valence-electron chi connectivity index (χ4n) is 2.34. The summed E-state index contributed by atoms with van der Waals surface area (Å²) in [6.07, 6.45) is 1.41. The van der Waals surface area contributed by atoms with Crippen molar-refractivity contribution in [3.05, 3.63) is 72.1 Å². The van der Waals surface area contributed by atoms with E-state index in [9.17, 15) is 14.4 Å². The molecule has 1 aromatic heterocycles. The van der Waals surface area contributed by atoms with Crippen LogP contribution in [0.3, 0.4) is 0 Å². The van der Waals surface area contributed by atoms with Crippen molar-refractivity contribution in [1.82, 2.24) is 15.0 Å². The smallest absolute Gasteiger partial charge is 0.329 e. The fraction of sp³-hybridized carbons (Fsp3) is 0.125. The second-order valence-corrected chi connectivity index (χ2v) is 6.97. The summed E-state index contributed by atoms with van der Waals surface area (Å²) in [4.78, 5) is 18.4. The largest absolute Gasteiger partial charge is 0.379 e. The third kappa shape index (κ3) is 4.29. The number of para-hydroxylation sites is 2. The van der Waals surface area contributed by atoms with Gasteiger partial charge in [-0.1, -0.05) is 41.6 Å². The number of hydrogen-bond donors (Lipinski definition) is 3. The van der Waals surface area contributed by atoms with Gasteiger partial charge in [-0.05, 0) is 23.8 Å². The summed E-state index contributed by atoms with van der Waals surface area (Å²) >= 11 is 0. The zero-order chi connectivity index (χ0) is 17.0. The Hall–Kier alpha value is -2.47. The van der Waals surface area contributed by atoms with Crippen LogP contribution in [0.15, 0.2) is 60.8 Å². The van der Waals surface area contributed by atoms with Crippen molar-refractivity contribution < 1.29 is 14.4 Å². The fourth-order valence-corrected chi connectivity index (χ4v) is 3.05. The Morgan fingerprint density at radius 2 is 1.75 bits per heavy atom. The van der Waals surface area contributed by atoms with Gasteiger partial charge in [0.15, 0.2) is 0 Å². The molecule has 0 atom stereocenters. The van der Waals surface area contributed by atoms with Gasteiger partial charge in [-0.3, -0.25) is 4.57 Å². The highest BCUT2D eigenvalue weighted by Gasteiger charge is 2.17. The molecule has 0 bridgehead atoms. The molecule has 0 unspecified atom stereocenters. The summed E-state index contributed by atoms with van der Waals surface area (Å²) in [6, 6.07) is 16.7. The minimum absolute atomic E-state index is 0.333. The average molecular weight is 344 g/mol. The monoisotopic (exact) mass is 344 g/mol. The Morgan fingerprint density at radius 1 is 1.04 bits per heavy atom. The molecular weight excluding hydrogens is 327 g/mol. The lowest BCUT2D eigenvalue weighted by Gasteiger charge is -2.09. The van der Waals surface area contributed by atoms with Crippen LogP contribution < -0.4 is 5.32 Å². The maximum atomic E-state index is 11.3. The Balaban J connectivity index is 1.77. The predicted molar refractivity (Wildman–Crippen MR) is 90.9 cm³/mol. The topological polar surface area (TPSA) is 100 Å². The molecule has 1 heterocycles. The number of benzene rings is 2. The number of hydrogen-bond acceptors (Lipinski definition) is 4. The molecule has 0 aliphatic heterocycles. The molecule has 7 nitrogen and oxygen atoms in total. The highest BCUT2D eigenvalue weighted by Crippen LogP contribution is 2.40. The number of nitrogens with zero attached hydrogens (tertiary/aromatic N) is 3. The maximum Gasteiger partial charge on any atom is 0.329 e. The normalized spacial score (nSPS) is 11.4. The van der Waals surface area contributed by atoms with E-state index in [0.29, 0.717) is 17.8 Å². The van der Waals surface area contributed by atoms with E-state index in [-0.39, 0.29) is 6.16 Å². The molecule has 3 N–H and O–H groups in total. The number of rotatable bonds is 6. The molecule has 24 heavy (non-hydrogen) atoms. The van der Waals surface area contributed by atoms with Crippen LogP contribution in [0.5, 0.6) is 0 Å². The third-order valence-corrected chi connectivity index (χ3v) is 4.16. The lowest BCUT2D eigenvalue weighted by molar-refractivity contribution is 0.371. The van der Waals surface area contributed by atoms with Crippen molar-refractivity contribution in [1.29, 1.82) is 0 Å². The Morgan fingerprint density at radius 3 is 2.50 bits per heavy atom. The Bertz CT molecular complexity index is 861. The van der Waals surface area contributed by atoms with Crippen molar-refractivity contribution in [2.24, 2.45) is 0 Å². The maximum absolute atomic E-state index is 11.3. The van der Waals surface area contributed by atoms with E-state index in [4.69, 9.17) is 0 Å². The first-order valence-electron chi connectivity index (χ1n) is 7.34. The van der Waals surface area contributed by atoms with E-state index < -0.39 is 7.60 Å². The minimum Gasteiger partial charge on any atom is -0.379 e. The van der Waals surface area contributed by atoms with Crippen molar-refractivity contribution in [2.45, 2.75) is 12.7 Å². The van der Waals surface area contributed by atoms with Crippen LogP contribution in [0, 0.1) is 0 Å². The van der Waals surface area contributed by atoms with E-state index >= 15 is 0 Å². The van der Waals surface area contributed by atoms with Gasteiger partial charge in [-0.2, -0.15) is 0 Å². The molecule has 0 aliphatic carbocycles. The van der Waals surface area contributed by atoms with E-state index in [2.05, 4.69) is 15.6 Å². The van der Waals surface area contributed by atoms with Gasteiger partial charge in [0.1, 0.15) is 5.69 Å². The number of anilines is 1. The minimum atomic E-state index is -4.15. The molecule has 8 heteroatoms. The van der Waals surface area contributed by atoms with Gasteiger partial charge in [-0.15, -0.1) is 5.10 Å². The summed E-state index contributed by atoms with van der Waals surface area (Å²) in [7, 11) is -4.15. The van der Waals surface area contributed by atoms with Gasteiger partial charge >= 0.3 is 7.60 Å². The van der Waals surface area contributed by atoms with Gasteiger partial charge < -0.3 is 15.1 Å². The highest BCUT2D eigenvalue weighted by atomic mass is 31.2. The Kier molecular flexibility index (Phi) is 4.76. The highest BCUT2D eigenvalue weighted by molar-refractivity contribution is 7.50. The molecule has 0 saturated heterocycles. The molecule has 0 spiro atoms. The van der Waals surface area contributed by atoms with Crippen LogP contribution in [-0.2, 0) is 17.3 Å². The lowest BCUT2D eigenvalue weighted by Crippen LogP contribution is -2.01. The van der Waals surface area contributed by atoms with Gasteiger partial charge in [0.25, 0.3) is 0 Å². The van der Waals surface area contributed by atoms with Gasteiger partial charge in [-0.25, -0.2) is 4.68 Å². The molecular formula is C16H17N4O3P. The SMILES string of the molecule is O=P(O)(O)Cc1ccccc1-n1cc(CNc2ccccc2)nn1. The van der Waals surface area contributed by atoms with Gasteiger partial charge in [0.2, 0.25) is 0 Å². The Labute approximate surface area is 139 Å². The summed E-state index contributed by atoms with van der Waals surface area (Å²) in [6.45, 7) is 0.505. The van der Waals surface area contributed by atoms with Crippen LogP contribution in [0.25, 0.3) is 5.69 Å².